The summed E-state index contributed by atoms with van der Waals surface area (Å²) in [7, 11) is 0. The number of Topliss-reactive ketones (excluding diaryl/α,β-unsaturated/α-hetero) is 1. The van der Waals surface area contributed by atoms with Gasteiger partial charge < -0.3 is 9.64 Å². The number of pyridine rings is 1. The summed E-state index contributed by atoms with van der Waals surface area (Å²) in [6.07, 6.45) is -0.673. The fourth-order valence-electron chi connectivity index (χ4n) is 5.33. The van der Waals surface area contributed by atoms with Crippen LogP contribution in [-0.2, 0) is 6.42 Å². The Morgan fingerprint density at radius 1 is 1.03 bits per heavy atom. The first-order valence-electron chi connectivity index (χ1n) is 12.9. The molecule has 0 atom stereocenters. The number of halogens is 4. The third kappa shape index (κ3) is 6.08. The summed E-state index contributed by atoms with van der Waals surface area (Å²) in [5.74, 6) is -0.417. The Balaban J connectivity index is 1.18. The van der Waals surface area contributed by atoms with Crippen LogP contribution in [0.4, 0.5) is 23.2 Å². The van der Waals surface area contributed by atoms with Crippen LogP contribution in [0, 0.1) is 19.7 Å². The van der Waals surface area contributed by atoms with E-state index in [9.17, 15) is 18.0 Å². The van der Waals surface area contributed by atoms with Crippen molar-refractivity contribution in [1.82, 2.24) is 9.38 Å². The van der Waals surface area contributed by atoms with Gasteiger partial charge in [-0.1, -0.05) is 18.2 Å². The minimum absolute atomic E-state index is 0.0339. The molecule has 0 radical (unpaired) electrons. The molecule has 5 nitrogen and oxygen atoms in total. The highest BCUT2D eigenvalue weighted by molar-refractivity contribution is 5.96. The van der Waals surface area contributed by atoms with Crippen LogP contribution in [0.1, 0.15) is 58.1 Å². The van der Waals surface area contributed by atoms with Gasteiger partial charge in [0.2, 0.25) is 0 Å². The van der Waals surface area contributed by atoms with E-state index in [1.165, 1.54) is 18.2 Å². The molecule has 0 N–H and O–H groups in total. The van der Waals surface area contributed by atoms with Crippen molar-refractivity contribution in [3.63, 3.8) is 0 Å². The molecule has 0 amide bonds. The lowest BCUT2D eigenvalue weighted by molar-refractivity contribution is -0.274. The van der Waals surface area contributed by atoms with E-state index < -0.39 is 6.36 Å². The van der Waals surface area contributed by atoms with Crippen LogP contribution in [0.2, 0.25) is 0 Å². The van der Waals surface area contributed by atoms with Gasteiger partial charge >= 0.3 is 6.36 Å². The Morgan fingerprint density at radius 2 is 1.74 bits per heavy atom. The maximum Gasteiger partial charge on any atom is 0.573 e. The predicted octanol–water partition coefficient (Wildman–Crippen LogP) is 7.19. The molecule has 1 aliphatic rings. The van der Waals surface area contributed by atoms with E-state index >= 15 is 4.39 Å². The van der Waals surface area contributed by atoms with Crippen molar-refractivity contribution >= 4 is 17.1 Å². The predicted molar refractivity (Wildman–Crippen MR) is 141 cm³/mol. The van der Waals surface area contributed by atoms with E-state index in [4.69, 9.17) is 0 Å². The summed E-state index contributed by atoms with van der Waals surface area (Å²) in [6, 6.07) is 15.0. The smallest absolute Gasteiger partial charge is 0.406 e. The number of ketones is 1. The number of carbonyl (C=O) groups excluding carboxylic acids is 1. The van der Waals surface area contributed by atoms with E-state index in [1.807, 2.05) is 47.5 Å². The first kappa shape index (κ1) is 26.7. The largest absolute Gasteiger partial charge is 0.573 e. The number of ether oxygens (including phenoxy) is 1. The lowest BCUT2D eigenvalue weighted by atomic mass is 9.89. The molecule has 0 aliphatic carbocycles. The Hall–Kier alpha value is -3.88. The molecule has 9 heteroatoms. The summed E-state index contributed by atoms with van der Waals surface area (Å²) < 4.78 is 58.0. The molecule has 2 aromatic carbocycles. The minimum atomic E-state index is -4.71. The van der Waals surface area contributed by atoms with E-state index in [2.05, 4.69) is 9.72 Å². The van der Waals surface area contributed by atoms with Crippen molar-refractivity contribution in [2.24, 2.45) is 0 Å². The molecule has 1 saturated heterocycles. The maximum absolute atomic E-state index is 15.1. The summed E-state index contributed by atoms with van der Waals surface area (Å²) in [5, 5.41) is 0. The van der Waals surface area contributed by atoms with Gasteiger partial charge in [-0.3, -0.25) is 9.20 Å². The van der Waals surface area contributed by atoms with Crippen molar-refractivity contribution in [2.75, 3.05) is 18.0 Å². The standard InChI is InChI=1S/C30H29F4N3O2/c1-19-11-16-37-28(17-19)35-20(2)29(37)27(38)10-4-21-3-9-26(25(31)18-21)36-14-12-23(13-15-36)22-5-7-24(8-6-22)39-30(32,33)34/h3,5-9,11,16-18,23H,4,10,12-15H2,1-2H3. The number of fused-ring (bicyclic) bond motifs is 1. The molecule has 3 heterocycles. The summed E-state index contributed by atoms with van der Waals surface area (Å²) in [5.41, 5.74) is 5.27. The molecule has 4 aromatic rings. The zero-order valence-corrected chi connectivity index (χ0v) is 21.8. The molecule has 1 fully saturated rings. The normalized spacial score (nSPS) is 14.7. The third-order valence-electron chi connectivity index (χ3n) is 7.29. The molecule has 0 unspecified atom stereocenters. The van der Waals surface area contributed by atoms with Crippen molar-refractivity contribution in [1.29, 1.82) is 0 Å². The Labute approximate surface area is 224 Å². The molecule has 0 spiro atoms. The second-order valence-corrected chi connectivity index (χ2v) is 10.1. The van der Waals surface area contributed by atoms with Gasteiger partial charge in [0.05, 0.1) is 11.4 Å². The number of hydrogen-bond donors (Lipinski definition) is 0. The second-order valence-electron chi connectivity index (χ2n) is 10.1. The van der Waals surface area contributed by atoms with Gasteiger partial charge in [0.1, 0.15) is 22.9 Å². The van der Waals surface area contributed by atoms with E-state index in [1.54, 1.807) is 18.2 Å². The first-order valence-corrected chi connectivity index (χ1v) is 12.9. The quantitative estimate of drug-likeness (QED) is 0.184. The van der Waals surface area contributed by atoms with Crippen molar-refractivity contribution in [3.8, 4) is 5.75 Å². The molecule has 39 heavy (non-hydrogen) atoms. The van der Waals surface area contributed by atoms with Gasteiger partial charge in [-0.15, -0.1) is 13.2 Å². The molecule has 0 bridgehead atoms. The highest BCUT2D eigenvalue weighted by Gasteiger charge is 2.31. The van der Waals surface area contributed by atoms with Gasteiger partial charge in [0.15, 0.2) is 5.78 Å². The van der Waals surface area contributed by atoms with Crippen molar-refractivity contribution in [2.45, 2.75) is 51.8 Å². The number of anilines is 1. The molecular weight excluding hydrogens is 510 g/mol. The topological polar surface area (TPSA) is 46.8 Å². The SMILES string of the molecule is Cc1ccn2c(C(=O)CCc3ccc(N4CCC(c5ccc(OC(F)(F)F)cc5)CC4)c(F)c3)c(C)nc2c1. The molecule has 1 aliphatic heterocycles. The van der Waals surface area contributed by atoms with Gasteiger partial charge in [0, 0.05) is 25.7 Å². The Morgan fingerprint density at radius 3 is 2.41 bits per heavy atom. The van der Waals surface area contributed by atoms with Crippen LogP contribution in [0.15, 0.2) is 60.8 Å². The van der Waals surface area contributed by atoms with Gasteiger partial charge in [-0.2, -0.15) is 0 Å². The highest BCUT2D eigenvalue weighted by Crippen LogP contribution is 2.33. The van der Waals surface area contributed by atoms with E-state index in [-0.39, 0.29) is 29.7 Å². The van der Waals surface area contributed by atoms with Crippen LogP contribution in [0.5, 0.6) is 5.75 Å². The zero-order chi connectivity index (χ0) is 27.7. The second kappa shape index (κ2) is 10.7. The lowest BCUT2D eigenvalue weighted by Crippen LogP contribution is -2.33. The monoisotopic (exact) mass is 539 g/mol. The molecule has 5 rings (SSSR count). The minimum Gasteiger partial charge on any atom is -0.406 e. The first-order chi connectivity index (χ1) is 18.6. The maximum atomic E-state index is 15.1. The fraction of sp³-hybridized carbons (Fsp3) is 0.333. The molecule has 2 aromatic heterocycles. The average Bonchev–Trinajstić information content (AvgIpc) is 3.22. The number of carbonyl (C=O) groups is 1. The van der Waals surface area contributed by atoms with Crippen molar-refractivity contribution in [3.05, 3.63) is 94.7 Å². The zero-order valence-electron chi connectivity index (χ0n) is 21.8. The Bertz CT molecular complexity index is 1490. The van der Waals surface area contributed by atoms with Gasteiger partial charge in [-0.25, -0.2) is 9.37 Å². The van der Waals surface area contributed by atoms with E-state index in [0.717, 1.165) is 35.2 Å². The van der Waals surface area contributed by atoms with Gasteiger partial charge in [-0.05, 0) is 92.1 Å². The van der Waals surface area contributed by atoms with Crippen LogP contribution in [-0.4, -0.2) is 34.6 Å². The number of benzene rings is 2. The summed E-state index contributed by atoms with van der Waals surface area (Å²) in [6.45, 7) is 5.07. The van der Waals surface area contributed by atoms with Crippen LogP contribution in [0.3, 0.4) is 0 Å². The summed E-state index contributed by atoms with van der Waals surface area (Å²) >= 11 is 0. The number of piperidine rings is 1. The number of imidazole rings is 1. The summed E-state index contributed by atoms with van der Waals surface area (Å²) in [4.78, 5) is 19.5. The number of aromatic nitrogens is 2. The fourth-order valence-corrected chi connectivity index (χ4v) is 5.33. The Kier molecular flexibility index (Phi) is 7.34. The van der Waals surface area contributed by atoms with Crippen LogP contribution in [0.25, 0.3) is 5.65 Å². The van der Waals surface area contributed by atoms with Gasteiger partial charge in [0.25, 0.3) is 0 Å². The number of alkyl halides is 3. The van der Waals surface area contributed by atoms with Crippen LogP contribution >= 0.6 is 0 Å². The lowest BCUT2D eigenvalue weighted by Gasteiger charge is -2.34. The molecule has 0 saturated carbocycles. The molecular formula is C30H29F4N3O2. The highest BCUT2D eigenvalue weighted by atomic mass is 19.4. The number of hydrogen-bond acceptors (Lipinski definition) is 4. The number of nitrogens with zero attached hydrogens (tertiary/aromatic N) is 3. The molecule has 204 valence electrons. The van der Waals surface area contributed by atoms with Crippen molar-refractivity contribution < 1.29 is 27.1 Å². The van der Waals surface area contributed by atoms with Crippen LogP contribution < -0.4 is 9.64 Å². The van der Waals surface area contributed by atoms with E-state index in [0.29, 0.717) is 36.6 Å². The number of aryl methyl sites for hydroxylation is 3. The number of rotatable bonds is 7. The average molecular weight is 540 g/mol. The third-order valence-corrected chi connectivity index (χ3v) is 7.29.